The fourth-order valence-electron chi connectivity index (χ4n) is 1.78. The second kappa shape index (κ2) is 7.02. The molecule has 112 valence electrons. The molecule has 0 bridgehead atoms. The van der Waals surface area contributed by atoms with Gasteiger partial charge < -0.3 is 5.32 Å². The fraction of sp³-hybridized carbons (Fsp3) is 0.231. The van der Waals surface area contributed by atoms with Gasteiger partial charge in [0.1, 0.15) is 0 Å². The molecule has 1 unspecified atom stereocenters. The second-order valence-electron chi connectivity index (χ2n) is 4.44. The Balaban J connectivity index is 2.07. The number of benzene rings is 1. The van der Waals surface area contributed by atoms with Gasteiger partial charge in [-0.1, -0.05) is 29.0 Å². The van der Waals surface area contributed by atoms with Gasteiger partial charge in [-0.2, -0.15) is 0 Å². The van der Waals surface area contributed by atoms with Gasteiger partial charge >= 0.3 is 5.00 Å². The molecule has 1 aromatic heterocycles. The maximum Gasteiger partial charge on any atom is 0.324 e. The summed E-state index contributed by atoms with van der Waals surface area (Å²) in [6, 6.07) is 6.98. The Morgan fingerprint density at radius 2 is 2.14 bits per heavy atom. The van der Waals surface area contributed by atoms with Gasteiger partial charge in [0.15, 0.2) is 0 Å². The molecule has 8 heteroatoms. The van der Waals surface area contributed by atoms with E-state index >= 15 is 0 Å². The van der Waals surface area contributed by atoms with Gasteiger partial charge in [-0.3, -0.25) is 14.3 Å². The molecule has 1 heterocycles. The summed E-state index contributed by atoms with van der Waals surface area (Å²) in [5, 5.41) is 16.2. The molecule has 1 atom stereocenters. The molecule has 0 aliphatic heterocycles. The van der Waals surface area contributed by atoms with E-state index in [-0.39, 0.29) is 5.00 Å². The first-order valence-corrected chi connectivity index (χ1v) is 8.98. The summed E-state index contributed by atoms with van der Waals surface area (Å²) in [4.78, 5) is 10.2. The van der Waals surface area contributed by atoms with E-state index in [9.17, 15) is 14.3 Å². The van der Waals surface area contributed by atoms with E-state index in [2.05, 4.69) is 5.32 Å². The lowest BCUT2D eigenvalue weighted by atomic mass is 10.2. The quantitative estimate of drug-likeness (QED) is 0.639. The molecule has 1 aromatic carbocycles. The van der Waals surface area contributed by atoms with Crippen LogP contribution < -0.4 is 5.32 Å². The van der Waals surface area contributed by atoms with Gasteiger partial charge in [0, 0.05) is 40.8 Å². The number of thiophene rings is 1. The monoisotopic (exact) mass is 344 g/mol. The van der Waals surface area contributed by atoms with Crippen LogP contribution in [0, 0.1) is 10.1 Å². The number of hydrogen-bond acceptors (Lipinski definition) is 5. The van der Waals surface area contributed by atoms with E-state index in [1.807, 2.05) is 12.1 Å². The summed E-state index contributed by atoms with van der Waals surface area (Å²) in [6.45, 7) is 0.447. The highest BCUT2D eigenvalue weighted by Gasteiger charge is 2.10. The third-order valence-electron chi connectivity index (χ3n) is 2.70. The standard InChI is InChI=1S/C13H13ClN2O3S2/c1-21(19)8-9-2-3-11(14)12(4-9)15-6-10-5-13(16(17)18)20-7-10/h2-5,7,15H,6,8H2,1H3. The molecule has 5 nitrogen and oxygen atoms in total. The third-order valence-corrected chi connectivity index (χ3v) is 4.70. The zero-order valence-corrected chi connectivity index (χ0v) is 13.6. The van der Waals surface area contributed by atoms with Crippen molar-refractivity contribution in [2.45, 2.75) is 12.3 Å². The molecular weight excluding hydrogens is 332 g/mol. The topological polar surface area (TPSA) is 72.2 Å². The zero-order chi connectivity index (χ0) is 15.4. The van der Waals surface area contributed by atoms with E-state index in [0.29, 0.717) is 17.3 Å². The van der Waals surface area contributed by atoms with Gasteiger partial charge in [0.25, 0.3) is 0 Å². The average molecular weight is 345 g/mol. The minimum Gasteiger partial charge on any atom is -0.380 e. The number of nitrogens with one attached hydrogen (secondary N) is 1. The van der Waals surface area contributed by atoms with Gasteiger partial charge in [-0.15, -0.1) is 0 Å². The van der Waals surface area contributed by atoms with Crippen LogP contribution in [0.2, 0.25) is 5.02 Å². The minimum absolute atomic E-state index is 0.119. The maximum atomic E-state index is 11.3. The summed E-state index contributed by atoms with van der Waals surface area (Å²) < 4.78 is 11.3. The highest BCUT2D eigenvalue weighted by atomic mass is 35.5. The van der Waals surface area contributed by atoms with Crippen molar-refractivity contribution in [1.29, 1.82) is 0 Å². The van der Waals surface area contributed by atoms with Crippen molar-refractivity contribution in [3.05, 3.63) is 55.9 Å². The molecule has 0 amide bonds. The summed E-state index contributed by atoms with van der Waals surface area (Å²) in [5.41, 5.74) is 2.49. The molecule has 0 fully saturated rings. The molecule has 2 rings (SSSR count). The first-order chi connectivity index (χ1) is 9.95. The summed E-state index contributed by atoms with van der Waals surface area (Å²) >= 11 is 7.21. The Kier molecular flexibility index (Phi) is 5.33. The van der Waals surface area contributed by atoms with Gasteiger partial charge in [-0.05, 0) is 23.3 Å². The third kappa shape index (κ3) is 4.52. The van der Waals surface area contributed by atoms with E-state index < -0.39 is 15.7 Å². The van der Waals surface area contributed by atoms with E-state index in [1.54, 1.807) is 17.7 Å². The minimum atomic E-state index is -0.917. The Morgan fingerprint density at radius 1 is 1.38 bits per heavy atom. The zero-order valence-electron chi connectivity index (χ0n) is 11.2. The Hall–Kier alpha value is -1.44. The number of nitro groups is 1. The summed E-state index contributed by atoms with van der Waals surface area (Å²) in [6.07, 6.45) is 1.65. The predicted molar refractivity (Wildman–Crippen MR) is 87.5 cm³/mol. The van der Waals surface area contributed by atoms with Crippen molar-refractivity contribution in [3.8, 4) is 0 Å². The molecule has 0 spiro atoms. The van der Waals surface area contributed by atoms with E-state index in [4.69, 9.17) is 11.6 Å². The first kappa shape index (κ1) is 15.9. The molecule has 1 N–H and O–H groups in total. The van der Waals surface area contributed by atoms with Crippen LogP contribution in [-0.4, -0.2) is 15.4 Å². The second-order valence-corrected chi connectivity index (χ2v) is 7.17. The number of rotatable bonds is 6. The molecule has 21 heavy (non-hydrogen) atoms. The molecule has 0 radical (unpaired) electrons. The Morgan fingerprint density at radius 3 is 2.76 bits per heavy atom. The molecule has 2 aromatic rings. The molecular formula is C13H13ClN2O3S2. The lowest BCUT2D eigenvalue weighted by Crippen LogP contribution is -2.00. The average Bonchev–Trinajstić information content (AvgIpc) is 2.88. The van der Waals surface area contributed by atoms with Crippen molar-refractivity contribution in [1.82, 2.24) is 0 Å². The van der Waals surface area contributed by atoms with E-state index in [1.165, 1.54) is 6.07 Å². The van der Waals surface area contributed by atoms with Crippen molar-refractivity contribution in [2.24, 2.45) is 0 Å². The molecule has 0 aliphatic rings. The highest BCUT2D eigenvalue weighted by Crippen LogP contribution is 2.26. The Bertz CT molecular complexity index is 688. The number of nitrogens with zero attached hydrogens (tertiary/aromatic N) is 1. The van der Waals surface area contributed by atoms with Crippen LogP contribution in [0.15, 0.2) is 29.6 Å². The van der Waals surface area contributed by atoms with Crippen LogP contribution in [0.5, 0.6) is 0 Å². The number of anilines is 1. The lowest BCUT2D eigenvalue weighted by Gasteiger charge is -2.09. The van der Waals surface area contributed by atoms with Crippen LogP contribution in [0.4, 0.5) is 10.7 Å². The van der Waals surface area contributed by atoms with Crippen molar-refractivity contribution in [3.63, 3.8) is 0 Å². The first-order valence-electron chi connectivity index (χ1n) is 6.00. The van der Waals surface area contributed by atoms with Crippen molar-refractivity contribution < 1.29 is 9.13 Å². The predicted octanol–water partition coefficient (Wildman–Crippen LogP) is 3.80. The largest absolute Gasteiger partial charge is 0.380 e. The van der Waals surface area contributed by atoms with Crippen LogP contribution >= 0.6 is 22.9 Å². The van der Waals surface area contributed by atoms with Crippen LogP contribution in [-0.2, 0) is 23.1 Å². The highest BCUT2D eigenvalue weighted by molar-refractivity contribution is 7.83. The van der Waals surface area contributed by atoms with E-state index in [0.717, 1.165) is 28.2 Å². The van der Waals surface area contributed by atoms with Gasteiger partial charge in [-0.25, -0.2) is 0 Å². The summed E-state index contributed by atoms with van der Waals surface area (Å²) in [7, 11) is -0.917. The van der Waals surface area contributed by atoms with Crippen LogP contribution in [0.25, 0.3) is 0 Å². The maximum absolute atomic E-state index is 11.3. The SMILES string of the molecule is CS(=O)Cc1ccc(Cl)c(NCc2csc([N+](=O)[O-])c2)c1. The van der Waals surface area contributed by atoms with Crippen LogP contribution in [0.3, 0.4) is 0 Å². The molecule has 0 saturated heterocycles. The molecule has 0 saturated carbocycles. The van der Waals surface area contributed by atoms with Gasteiger partial charge in [0.2, 0.25) is 0 Å². The normalized spacial score (nSPS) is 12.1. The number of halogens is 1. The van der Waals surface area contributed by atoms with Crippen molar-refractivity contribution >= 4 is 44.4 Å². The molecule has 0 aliphatic carbocycles. The number of hydrogen-bond donors (Lipinski definition) is 1. The van der Waals surface area contributed by atoms with Crippen LogP contribution in [0.1, 0.15) is 11.1 Å². The fourth-order valence-corrected chi connectivity index (χ4v) is 3.34. The van der Waals surface area contributed by atoms with Gasteiger partial charge in [0.05, 0.1) is 15.6 Å². The van der Waals surface area contributed by atoms with Crippen molar-refractivity contribution in [2.75, 3.05) is 11.6 Å². The smallest absolute Gasteiger partial charge is 0.324 e. The summed E-state index contributed by atoms with van der Waals surface area (Å²) in [5.74, 6) is 0.468. The lowest BCUT2D eigenvalue weighted by molar-refractivity contribution is -0.380. The Labute approximate surface area is 133 Å².